The molecule has 5 rings (SSSR count). The van der Waals surface area contributed by atoms with E-state index in [1.165, 1.54) is 11.3 Å². The van der Waals surface area contributed by atoms with E-state index in [1.54, 1.807) is 12.3 Å². The first-order valence-corrected chi connectivity index (χ1v) is 11.8. The molecular weight excluding hydrogens is 448 g/mol. The van der Waals surface area contributed by atoms with Crippen LogP contribution in [0.4, 0.5) is 10.8 Å². The standard InChI is InChI=1S/C26H22N4O3S/c31-12-11-28-26-30-22(16-34-26)25-24-21(9-10-27-25)23(32)14-19(29-24)15-33-20-8-4-7-18(13-20)17-5-2-1-3-6-17/h1-10,13,16,31H,11-12,14-15H2,(H,28,30). The van der Waals surface area contributed by atoms with E-state index < -0.39 is 0 Å². The molecule has 0 saturated heterocycles. The Morgan fingerprint density at radius 3 is 2.76 bits per heavy atom. The smallest absolute Gasteiger partial charge is 0.183 e. The second kappa shape index (κ2) is 9.94. The number of nitrogens with one attached hydrogen (secondary N) is 1. The summed E-state index contributed by atoms with van der Waals surface area (Å²) >= 11 is 1.41. The number of aliphatic imine (C=N–C) groups is 1. The second-order valence-corrected chi connectivity index (χ2v) is 8.56. The number of hydrogen-bond acceptors (Lipinski definition) is 8. The molecule has 2 aromatic carbocycles. The van der Waals surface area contributed by atoms with Gasteiger partial charge in [-0.3, -0.25) is 14.8 Å². The van der Waals surface area contributed by atoms with Crippen molar-refractivity contribution in [3.8, 4) is 28.3 Å². The van der Waals surface area contributed by atoms with Crippen molar-refractivity contribution < 1.29 is 14.6 Å². The molecule has 3 heterocycles. The van der Waals surface area contributed by atoms with Gasteiger partial charge in [-0.2, -0.15) is 0 Å². The van der Waals surface area contributed by atoms with Crippen LogP contribution < -0.4 is 10.1 Å². The van der Waals surface area contributed by atoms with Gasteiger partial charge in [0.2, 0.25) is 0 Å². The number of fused-ring (bicyclic) bond motifs is 1. The minimum Gasteiger partial charge on any atom is -0.488 e. The van der Waals surface area contributed by atoms with Crippen molar-refractivity contribution in [1.29, 1.82) is 0 Å². The zero-order valence-electron chi connectivity index (χ0n) is 18.3. The molecule has 0 spiro atoms. The Balaban J connectivity index is 1.38. The molecule has 0 radical (unpaired) electrons. The highest BCUT2D eigenvalue weighted by Crippen LogP contribution is 2.36. The monoisotopic (exact) mass is 470 g/mol. The Labute approximate surface area is 200 Å². The Morgan fingerprint density at radius 2 is 1.91 bits per heavy atom. The number of Topliss-reactive ketones (excluding diaryl/α,β-unsaturated/α-hetero) is 1. The molecule has 0 aliphatic carbocycles. The van der Waals surface area contributed by atoms with Gasteiger partial charge in [0.25, 0.3) is 0 Å². The van der Waals surface area contributed by atoms with Crippen LogP contribution in [0.2, 0.25) is 0 Å². The number of ether oxygens (including phenoxy) is 1. The molecule has 8 heteroatoms. The Kier molecular flexibility index (Phi) is 6.42. The molecule has 0 fully saturated rings. The number of hydrogen-bond donors (Lipinski definition) is 2. The minimum absolute atomic E-state index is 0.0147. The number of anilines is 1. The van der Waals surface area contributed by atoms with Gasteiger partial charge < -0.3 is 15.2 Å². The number of pyridine rings is 1. The van der Waals surface area contributed by atoms with Crippen LogP contribution in [0.3, 0.4) is 0 Å². The summed E-state index contributed by atoms with van der Waals surface area (Å²) in [6.45, 7) is 0.638. The average Bonchev–Trinajstić information content (AvgIpc) is 3.35. The predicted octanol–water partition coefficient (Wildman–Crippen LogP) is 5.01. The first-order chi connectivity index (χ1) is 16.7. The zero-order chi connectivity index (χ0) is 23.3. The van der Waals surface area contributed by atoms with Crippen molar-refractivity contribution in [2.75, 3.05) is 25.1 Å². The van der Waals surface area contributed by atoms with E-state index in [0.717, 1.165) is 11.1 Å². The van der Waals surface area contributed by atoms with E-state index in [1.807, 2.05) is 47.8 Å². The fourth-order valence-corrected chi connectivity index (χ4v) is 4.45. The van der Waals surface area contributed by atoms with Crippen LogP contribution in [-0.4, -0.2) is 46.3 Å². The van der Waals surface area contributed by atoms with E-state index in [2.05, 4.69) is 27.4 Å². The molecule has 0 bridgehead atoms. The molecule has 1 aliphatic heterocycles. The molecule has 2 aromatic heterocycles. The van der Waals surface area contributed by atoms with Crippen molar-refractivity contribution in [3.63, 3.8) is 0 Å². The summed E-state index contributed by atoms with van der Waals surface area (Å²) in [5.74, 6) is 0.701. The maximum absolute atomic E-state index is 12.9. The number of rotatable bonds is 8. The molecule has 2 N–H and O–H groups in total. The number of aliphatic hydroxyl groups is 1. The highest BCUT2D eigenvalue weighted by Gasteiger charge is 2.25. The van der Waals surface area contributed by atoms with Crippen LogP contribution in [0, 0.1) is 0 Å². The molecule has 170 valence electrons. The van der Waals surface area contributed by atoms with Crippen molar-refractivity contribution in [3.05, 3.63) is 77.8 Å². The molecule has 0 atom stereocenters. The summed E-state index contributed by atoms with van der Waals surface area (Å²) in [7, 11) is 0. The summed E-state index contributed by atoms with van der Waals surface area (Å²) in [5.41, 5.74) is 5.07. The molecule has 0 unspecified atom stereocenters. The number of benzene rings is 2. The number of ketones is 1. The van der Waals surface area contributed by atoms with E-state index in [0.29, 0.717) is 45.8 Å². The molecule has 0 saturated carbocycles. The topological polar surface area (TPSA) is 96.7 Å². The second-order valence-electron chi connectivity index (χ2n) is 7.70. The summed E-state index contributed by atoms with van der Waals surface area (Å²) < 4.78 is 6.01. The SMILES string of the molecule is O=C1CC(COc2cccc(-c3ccccc3)c2)=Nc2c1ccnc2-c1csc(NCCO)n1. The van der Waals surface area contributed by atoms with Gasteiger partial charge in [-0.25, -0.2) is 4.98 Å². The lowest BCUT2D eigenvalue weighted by atomic mass is 9.99. The average molecular weight is 471 g/mol. The van der Waals surface area contributed by atoms with Crippen LogP contribution in [0.15, 0.2) is 77.2 Å². The Morgan fingerprint density at radius 1 is 1.06 bits per heavy atom. The first-order valence-electron chi connectivity index (χ1n) is 10.9. The quantitative estimate of drug-likeness (QED) is 0.376. The van der Waals surface area contributed by atoms with Gasteiger partial charge in [-0.15, -0.1) is 11.3 Å². The van der Waals surface area contributed by atoms with Crippen molar-refractivity contribution in [1.82, 2.24) is 9.97 Å². The number of thiazole rings is 1. The summed E-state index contributed by atoms with van der Waals surface area (Å²) in [6, 6.07) is 19.7. The number of carbonyl (C=O) groups is 1. The lowest BCUT2D eigenvalue weighted by Gasteiger charge is -2.17. The molecule has 7 nitrogen and oxygen atoms in total. The number of aliphatic hydroxyl groups excluding tert-OH is 1. The fraction of sp³-hybridized carbons (Fsp3) is 0.154. The molecule has 0 amide bonds. The number of carbonyl (C=O) groups excluding carboxylic acids is 1. The number of nitrogens with zero attached hydrogens (tertiary/aromatic N) is 3. The third-order valence-corrected chi connectivity index (χ3v) is 6.14. The van der Waals surface area contributed by atoms with Gasteiger partial charge in [0.15, 0.2) is 10.9 Å². The Bertz CT molecular complexity index is 1350. The van der Waals surface area contributed by atoms with Crippen LogP contribution in [0.25, 0.3) is 22.5 Å². The normalized spacial score (nSPS) is 12.7. The maximum atomic E-state index is 12.9. The van der Waals surface area contributed by atoms with E-state index in [9.17, 15) is 4.79 Å². The highest BCUT2D eigenvalue weighted by molar-refractivity contribution is 7.14. The summed E-state index contributed by atoms with van der Waals surface area (Å²) in [5, 5.41) is 14.6. The zero-order valence-corrected chi connectivity index (χ0v) is 19.1. The highest BCUT2D eigenvalue weighted by atomic mass is 32.1. The molecule has 34 heavy (non-hydrogen) atoms. The van der Waals surface area contributed by atoms with Crippen LogP contribution in [0.1, 0.15) is 16.8 Å². The summed E-state index contributed by atoms with van der Waals surface area (Å²) in [4.78, 5) is 26.6. The first kappa shape index (κ1) is 21.9. The van der Waals surface area contributed by atoms with Crippen molar-refractivity contribution >= 4 is 33.7 Å². The third-order valence-electron chi connectivity index (χ3n) is 5.34. The predicted molar refractivity (Wildman–Crippen MR) is 134 cm³/mol. The van der Waals surface area contributed by atoms with Gasteiger partial charge in [-0.05, 0) is 29.3 Å². The van der Waals surface area contributed by atoms with Crippen LogP contribution in [0.5, 0.6) is 5.75 Å². The van der Waals surface area contributed by atoms with Gasteiger partial charge in [0.1, 0.15) is 29.4 Å². The van der Waals surface area contributed by atoms with E-state index >= 15 is 0 Å². The van der Waals surface area contributed by atoms with Crippen molar-refractivity contribution in [2.45, 2.75) is 6.42 Å². The van der Waals surface area contributed by atoms with Gasteiger partial charge >= 0.3 is 0 Å². The van der Waals surface area contributed by atoms with Crippen LogP contribution in [-0.2, 0) is 0 Å². The Hall–Kier alpha value is -3.88. The number of aromatic nitrogens is 2. The van der Waals surface area contributed by atoms with Gasteiger partial charge in [0.05, 0.1) is 18.7 Å². The molecule has 4 aromatic rings. The van der Waals surface area contributed by atoms with E-state index in [4.69, 9.17) is 14.8 Å². The third kappa shape index (κ3) is 4.73. The summed E-state index contributed by atoms with van der Waals surface area (Å²) in [6.07, 6.45) is 1.81. The minimum atomic E-state index is -0.0147. The van der Waals surface area contributed by atoms with Gasteiger partial charge in [0, 0.05) is 23.7 Å². The fourth-order valence-electron chi connectivity index (χ4n) is 3.73. The molecule has 1 aliphatic rings. The largest absolute Gasteiger partial charge is 0.488 e. The maximum Gasteiger partial charge on any atom is 0.183 e. The van der Waals surface area contributed by atoms with Gasteiger partial charge in [-0.1, -0.05) is 42.5 Å². The lowest BCUT2D eigenvalue weighted by molar-refractivity contribution is 0.0998. The lowest BCUT2D eigenvalue weighted by Crippen LogP contribution is -2.20. The van der Waals surface area contributed by atoms with Crippen LogP contribution >= 0.6 is 11.3 Å². The molecular formula is C26H22N4O3S. The van der Waals surface area contributed by atoms with E-state index in [-0.39, 0.29) is 25.4 Å². The van der Waals surface area contributed by atoms with Crippen molar-refractivity contribution in [2.24, 2.45) is 4.99 Å².